The monoisotopic (exact) mass is 315 g/mol. The molecule has 0 aliphatic carbocycles. The minimum absolute atomic E-state index is 0.249. The molecule has 1 N–H and O–H groups in total. The first-order valence-electron chi connectivity index (χ1n) is 4.06. The van der Waals surface area contributed by atoms with Crippen LogP contribution in [0.2, 0.25) is 0 Å². The molecule has 1 heterocycles. The SMILES string of the molecule is O=C(O)c1ccc(I)c(-n2cnnc2)c1. The van der Waals surface area contributed by atoms with Gasteiger partial charge in [-0.1, -0.05) is 0 Å². The number of benzene rings is 1. The van der Waals surface area contributed by atoms with Crippen LogP contribution < -0.4 is 0 Å². The zero-order valence-electron chi connectivity index (χ0n) is 7.46. The Hall–Kier alpha value is -1.44. The second kappa shape index (κ2) is 3.97. The van der Waals surface area contributed by atoms with Gasteiger partial charge in [0, 0.05) is 3.57 Å². The van der Waals surface area contributed by atoms with E-state index in [-0.39, 0.29) is 5.56 Å². The predicted molar refractivity (Wildman–Crippen MR) is 61.0 cm³/mol. The normalized spacial score (nSPS) is 10.2. The Bertz CT molecular complexity index is 496. The summed E-state index contributed by atoms with van der Waals surface area (Å²) in [6, 6.07) is 4.91. The van der Waals surface area contributed by atoms with Gasteiger partial charge >= 0.3 is 5.97 Å². The number of aromatic carboxylic acids is 1. The quantitative estimate of drug-likeness (QED) is 0.854. The van der Waals surface area contributed by atoms with Crippen LogP contribution in [0.5, 0.6) is 0 Å². The van der Waals surface area contributed by atoms with Crippen molar-refractivity contribution in [2.24, 2.45) is 0 Å². The van der Waals surface area contributed by atoms with Gasteiger partial charge in [-0.25, -0.2) is 4.79 Å². The zero-order chi connectivity index (χ0) is 10.8. The van der Waals surface area contributed by atoms with Crippen molar-refractivity contribution in [2.45, 2.75) is 0 Å². The van der Waals surface area contributed by atoms with Gasteiger partial charge in [0.1, 0.15) is 12.7 Å². The molecule has 5 nitrogen and oxygen atoms in total. The van der Waals surface area contributed by atoms with Crippen molar-refractivity contribution < 1.29 is 9.90 Å². The smallest absolute Gasteiger partial charge is 0.335 e. The van der Waals surface area contributed by atoms with E-state index in [1.807, 2.05) is 0 Å². The van der Waals surface area contributed by atoms with Gasteiger partial charge in [-0.15, -0.1) is 10.2 Å². The van der Waals surface area contributed by atoms with E-state index in [1.165, 1.54) is 12.7 Å². The Morgan fingerprint density at radius 2 is 2.00 bits per heavy atom. The summed E-state index contributed by atoms with van der Waals surface area (Å²) in [4.78, 5) is 10.8. The van der Waals surface area contributed by atoms with Gasteiger partial charge in [-0.3, -0.25) is 4.57 Å². The van der Waals surface area contributed by atoms with E-state index in [4.69, 9.17) is 5.11 Å². The lowest BCUT2D eigenvalue weighted by Gasteiger charge is -2.05. The highest BCUT2D eigenvalue weighted by Crippen LogP contribution is 2.18. The molecule has 0 aliphatic rings. The lowest BCUT2D eigenvalue weighted by Crippen LogP contribution is -2.00. The van der Waals surface area contributed by atoms with Crippen LogP contribution in [0.1, 0.15) is 10.4 Å². The Labute approximate surface area is 98.9 Å². The molecular formula is C9H6IN3O2. The molecule has 0 fully saturated rings. The zero-order valence-corrected chi connectivity index (χ0v) is 9.62. The molecule has 0 saturated heterocycles. The predicted octanol–water partition coefficient (Wildman–Crippen LogP) is 1.57. The van der Waals surface area contributed by atoms with Gasteiger partial charge in [0.15, 0.2) is 0 Å². The van der Waals surface area contributed by atoms with Crippen molar-refractivity contribution in [3.63, 3.8) is 0 Å². The largest absolute Gasteiger partial charge is 0.478 e. The molecule has 0 amide bonds. The molecule has 1 aromatic heterocycles. The summed E-state index contributed by atoms with van der Waals surface area (Å²) in [6.45, 7) is 0. The van der Waals surface area contributed by atoms with Crippen LogP contribution in [0.15, 0.2) is 30.9 Å². The number of rotatable bonds is 2. The number of carbonyl (C=O) groups is 1. The third kappa shape index (κ3) is 1.99. The second-order valence-electron chi connectivity index (χ2n) is 2.84. The van der Waals surface area contributed by atoms with Gasteiger partial charge in [0.25, 0.3) is 0 Å². The summed E-state index contributed by atoms with van der Waals surface area (Å²) >= 11 is 2.13. The lowest BCUT2D eigenvalue weighted by molar-refractivity contribution is 0.0697. The van der Waals surface area contributed by atoms with E-state index in [1.54, 1.807) is 22.8 Å². The van der Waals surface area contributed by atoms with Crippen LogP contribution in [0.25, 0.3) is 5.69 Å². The molecule has 0 bridgehead atoms. The Balaban J connectivity index is 2.55. The Kier molecular flexibility index (Phi) is 2.67. The van der Waals surface area contributed by atoms with Gasteiger partial charge in [0.05, 0.1) is 11.3 Å². The number of aromatic nitrogens is 3. The standard InChI is InChI=1S/C9H6IN3O2/c10-7-2-1-6(9(14)15)3-8(7)13-4-11-12-5-13/h1-5H,(H,14,15). The molecule has 2 aromatic rings. The molecule has 15 heavy (non-hydrogen) atoms. The average Bonchev–Trinajstić information content (AvgIpc) is 2.71. The van der Waals surface area contributed by atoms with E-state index < -0.39 is 5.97 Å². The highest BCUT2D eigenvalue weighted by atomic mass is 127. The van der Waals surface area contributed by atoms with Crippen molar-refractivity contribution in [3.8, 4) is 5.69 Å². The molecular weight excluding hydrogens is 309 g/mol. The van der Waals surface area contributed by atoms with Crippen molar-refractivity contribution in [1.29, 1.82) is 0 Å². The van der Waals surface area contributed by atoms with Gasteiger partial charge < -0.3 is 5.11 Å². The molecule has 0 spiro atoms. The van der Waals surface area contributed by atoms with Gasteiger partial charge in [0.2, 0.25) is 0 Å². The minimum atomic E-state index is -0.944. The van der Waals surface area contributed by atoms with Crippen molar-refractivity contribution >= 4 is 28.6 Å². The molecule has 0 aliphatic heterocycles. The maximum absolute atomic E-state index is 10.8. The van der Waals surface area contributed by atoms with Crippen LogP contribution in [-0.2, 0) is 0 Å². The average molecular weight is 315 g/mol. The molecule has 2 rings (SSSR count). The number of hydrogen-bond acceptors (Lipinski definition) is 3. The van der Waals surface area contributed by atoms with Crippen LogP contribution in [0, 0.1) is 3.57 Å². The molecule has 6 heteroatoms. The maximum Gasteiger partial charge on any atom is 0.335 e. The first-order chi connectivity index (χ1) is 7.18. The Morgan fingerprint density at radius 3 is 2.60 bits per heavy atom. The van der Waals surface area contributed by atoms with Crippen molar-refractivity contribution in [3.05, 3.63) is 40.0 Å². The molecule has 0 atom stereocenters. The first-order valence-corrected chi connectivity index (χ1v) is 5.14. The van der Waals surface area contributed by atoms with Crippen LogP contribution >= 0.6 is 22.6 Å². The fourth-order valence-corrected chi connectivity index (χ4v) is 1.78. The third-order valence-electron chi connectivity index (χ3n) is 1.89. The van der Waals surface area contributed by atoms with Crippen LogP contribution in [-0.4, -0.2) is 25.8 Å². The van der Waals surface area contributed by atoms with Crippen molar-refractivity contribution in [2.75, 3.05) is 0 Å². The fourth-order valence-electron chi connectivity index (χ4n) is 1.17. The summed E-state index contributed by atoms with van der Waals surface area (Å²) in [5, 5.41) is 16.2. The van der Waals surface area contributed by atoms with Crippen LogP contribution in [0.4, 0.5) is 0 Å². The summed E-state index contributed by atoms with van der Waals surface area (Å²) in [6.07, 6.45) is 3.06. The van der Waals surface area contributed by atoms with Gasteiger partial charge in [-0.05, 0) is 40.8 Å². The maximum atomic E-state index is 10.8. The number of carboxylic acids is 1. The Morgan fingerprint density at radius 1 is 1.33 bits per heavy atom. The summed E-state index contributed by atoms with van der Waals surface area (Å²) in [5.41, 5.74) is 1.01. The molecule has 0 radical (unpaired) electrons. The first kappa shape index (κ1) is 10.1. The number of nitrogens with zero attached hydrogens (tertiary/aromatic N) is 3. The lowest BCUT2D eigenvalue weighted by atomic mass is 10.2. The summed E-state index contributed by atoms with van der Waals surface area (Å²) in [5.74, 6) is -0.944. The number of carboxylic acid groups (broad SMARTS) is 1. The minimum Gasteiger partial charge on any atom is -0.478 e. The van der Waals surface area contributed by atoms with E-state index in [2.05, 4.69) is 32.8 Å². The van der Waals surface area contributed by atoms with E-state index >= 15 is 0 Å². The topological polar surface area (TPSA) is 68.0 Å². The van der Waals surface area contributed by atoms with E-state index in [0.717, 1.165) is 9.26 Å². The number of halogens is 1. The summed E-state index contributed by atoms with van der Waals surface area (Å²) in [7, 11) is 0. The van der Waals surface area contributed by atoms with Crippen molar-refractivity contribution in [1.82, 2.24) is 14.8 Å². The van der Waals surface area contributed by atoms with E-state index in [9.17, 15) is 4.79 Å². The summed E-state index contributed by atoms with van der Waals surface area (Å²) < 4.78 is 2.62. The number of hydrogen-bond donors (Lipinski definition) is 1. The highest BCUT2D eigenvalue weighted by Gasteiger charge is 2.08. The highest BCUT2D eigenvalue weighted by molar-refractivity contribution is 14.1. The fraction of sp³-hybridized carbons (Fsp3) is 0. The van der Waals surface area contributed by atoms with E-state index in [0.29, 0.717) is 0 Å². The third-order valence-corrected chi connectivity index (χ3v) is 2.80. The van der Waals surface area contributed by atoms with Crippen LogP contribution in [0.3, 0.4) is 0 Å². The molecule has 1 aromatic carbocycles. The van der Waals surface area contributed by atoms with Gasteiger partial charge in [-0.2, -0.15) is 0 Å². The molecule has 0 unspecified atom stereocenters. The molecule has 0 saturated carbocycles. The second-order valence-corrected chi connectivity index (χ2v) is 4.00. The molecule has 76 valence electrons.